The van der Waals surface area contributed by atoms with Crippen LogP contribution in [-0.4, -0.2) is 30.1 Å². The molecular formula is C20H23NO2. The van der Waals surface area contributed by atoms with Crippen molar-refractivity contribution in [3.8, 4) is 11.1 Å². The largest absolute Gasteiger partial charge is 0.478 e. The maximum Gasteiger partial charge on any atom is 0.328 e. The number of allylic oxidation sites excluding steroid dienone is 1. The van der Waals surface area contributed by atoms with Crippen molar-refractivity contribution in [1.82, 2.24) is 4.90 Å². The van der Waals surface area contributed by atoms with E-state index in [9.17, 15) is 4.79 Å². The summed E-state index contributed by atoms with van der Waals surface area (Å²) in [5.41, 5.74) is 5.39. The van der Waals surface area contributed by atoms with Gasteiger partial charge in [0, 0.05) is 12.6 Å². The molecule has 23 heavy (non-hydrogen) atoms. The molecule has 2 aromatic carbocycles. The van der Waals surface area contributed by atoms with Gasteiger partial charge in [-0.15, -0.1) is 0 Å². The van der Waals surface area contributed by atoms with Crippen molar-refractivity contribution in [2.45, 2.75) is 19.9 Å². The Morgan fingerprint density at radius 2 is 1.78 bits per heavy atom. The average Bonchev–Trinajstić information content (AvgIpc) is 2.52. The van der Waals surface area contributed by atoms with Gasteiger partial charge in [0.1, 0.15) is 0 Å². The Morgan fingerprint density at radius 1 is 1.09 bits per heavy atom. The van der Waals surface area contributed by atoms with E-state index in [1.807, 2.05) is 19.1 Å². The molecule has 0 aromatic heterocycles. The van der Waals surface area contributed by atoms with Crippen LogP contribution in [0.25, 0.3) is 16.7 Å². The lowest BCUT2D eigenvalue weighted by Crippen LogP contribution is -2.10. The molecule has 0 heterocycles. The summed E-state index contributed by atoms with van der Waals surface area (Å²) in [6.07, 6.45) is 1.98. The summed E-state index contributed by atoms with van der Waals surface area (Å²) in [6.45, 7) is 2.88. The number of carboxylic acids is 1. The van der Waals surface area contributed by atoms with Crippen molar-refractivity contribution in [2.75, 3.05) is 14.1 Å². The number of benzene rings is 2. The molecule has 0 aliphatic carbocycles. The minimum absolute atomic E-state index is 0.698. The topological polar surface area (TPSA) is 40.5 Å². The van der Waals surface area contributed by atoms with Gasteiger partial charge in [0.2, 0.25) is 0 Å². The first-order valence-corrected chi connectivity index (χ1v) is 7.77. The quantitative estimate of drug-likeness (QED) is 0.809. The number of hydrogen-bond acceptors (Lipinski definition) is 2. The van der Waals surface area contributed by atoms with E-state index in [1.165, 1.54) is 17.2 Å². The molecular weight excluding hydrogens is 286 g/mol. The van der Waals surface area contributed by atoms with Gasteiger partial charge in [-0.25, -0.2) is 4.79 Å². The van der Waals surface area contributed by atoms with Crippen molar-refractivity contribution in [3.63, 3.8) is 0 Å². The van der Waals surface area contributed by atoms with Crippen LogP contribution in [0.3, 0.4) is 0 Å². The Morgan fingerprint density at radius 3 is 2.35 bits per heavy atom. The van der Waals surface area contributed by atoms with Crippen LogP contribution in [0.1, 0.15) is 24.5 Å². The second-order valence-electron chi connectivity index (χ2n) is 5.88. The molecule has 0 saturated heterocycles. The highest BCUT2D eigenvalue weighted by molar-refractivity contribution is 5.90. The van der Waals surface area contributed by atoms with Gasteiger partial charge in [0.05, 0.1) is 0 Å². The molecule has 0 saturated carbocycles. The van der Waals surface area contributed by atoms with Gasteiger partial charge in [0.15, 0.2) is 0 Å². The van der Waals surface area contributed by atoms with Gasteiger partial charge in [-0.2, -0.15) is 0 Å². The smallest absolute Gasteiger partial charge is 0.328 e. The molecule has 2 rings (SSSR count). The zero-order valence-corrected chi connectivity index (χ0v) is 13.9. The normalized spacial score (nSPS) is 11.7. The number of rotatable bonds is 6. The summed E-state index contributed by atoms with van der Waals surface area (Å²) < 4.78 is 0. The summed E-state index contributed by atoms with van der Waals surface area (Å²) in [4.78, 5) is 13.0. The zero-order chi connectivity index (χ0) is 16.8. The van der Waals surface area contributed by atoms with Crippen LogP contribution in [0.15, 0.2) is 54.6 Å². The van der Waals surface area contributed by atoms with Crippen LogP contribution >= 0.6 is 0 Å². The van der Waals surface area contributed by atoms with Gasteiger partial charge >= 0.3 is 5.97 Å². The first-order chi connectivity index (χ1) is 11.0. The van der Waals surface area contributed by atoms with Gasteiger partial charge < -0.3 is 10.0 Å². The van der Waals surface area contributed by atoms with Crippen molar-refractivity contribution < 1.29 is 9.90 Å². The second kappa shape index (κ2) is 7.75. The molecule has 0 bridgehead atoms. The van der Waals surface area contributed by atoms with E-state index >= 15 is 0 Å². The van der Waals surface area contributed by atoms with E-state index in [4.69, 9.17) is 5.11 Å². The predicted octanol–water partition coefficient (Wildman–Crippen LogP) is 4.29. The second-order valence-corrected chi connectivity index (χ2v) is 5.88. The summed E-state index contributed by atoms with van der Waals surface area (Å²) in [7, 11) is 4.12. The number of carboxylic acid groups (broad SMARTS) is 1. The van der Waals surface area contributed by atoms with Crippen LogP contribution in [0.5, 0.6) is 0 Å². The molecule has 0 aliphatic rings. The number of nitrogens with zero attached hydrogens (tertiary/aromatic N) is 1. The van der Waals surface area contributed by atoms with E-state index < -0.39 is 5.97 Å². The standard InChI is InChI=1S/C20H23NO2/c1-4-16(13-20(22)23)17-8-10-18(11-9-17)19-7-5-6-15(12-19)14-21(2)3/h5-13H,4,14H2,1-3H3,(H,22,23)/b16-13+. The molecule has 0 aliphatic heterocycles. The summed E-state index contributed by atoms with van der Waals surface area (Å²) in [6, 6.07) is 16.6. The van der Waals surface area contributed by atoms with Gasteiger partial charge in [-0.1, -0.05) is 49.4 Å². The third kappa shape index (κ3) is 4.80. The molecule has 3 heteroatoms. The summed E-state index contributed by atoms with van der Waals surface area (Å²) in [5, 5.41) is 8.93. The third-order valence-corrected chi connectivity index (χ3v) is 3.69. The molecule has 120 valence electrons. The molecule has 2 aromatic rings. The molecule has 0 fully saturated rings. The highest BCUT2D eigenvalue weighted by atomic mass is 16.4. The number of hydrogen-bond donors (Lipinski definition) is 1. The van der Waals surface area contributed by atoms with E-state index in [1.54, 1.807) is 0 Å². The van der Waals surface area contributed by atoms with Gasteiger partial charge in [-0.3, -0.25) is 0 Å². The van der Waals surface area contributed by atoms with Crippen molar-refractivity contribution in [1.29, 1.82) is 0 Å². The summed E-state index contributed by atoms with van der Waals surface area (Å²) in [5.74, 6) is -0.901. The fourth-order valence-corrected chi connectivity index (χ4v) is 2.63. The Labute approximate surface area is 137 Å². The van der Waals surface area contributed by atoms with Crippen LogP contribution < -0.4 is 0 Å². The van der Waals surface area contributed by atoms with Crippen LogP contribution in [0.4, 0.5) is 0 Å². The van der Waals surface area contributed by atoms with Crippen molar-refractivity contribution >= 4 is 11.5 Å². The summed E-state index contributed by atoms with van der Waals surface area (Å²) >= 11 is 0. The van der Waals surface area contributed by atoms with Crippen molar-refractivity contribution in [3.05, 3.63) is 65.7 Å². The van der Waals surface area contributed by atoms with E-state index in [-0.39, 0.29) is 0 Å². The lowest BCUT2D eigenvalue weighted by atomic mass is 9.98. The van der Waals surface area contributed by atoms with Crippen LogP contribution in [0.2, 0.25) is 0 Å². The first kappa shape index (κ1) is 17.0. The monoisotopic (exact) mass is 309 g/mol. The Balaban J connectivity index is 2.27. The van der Waals surface area contributed by atoms with Gasteiger partial charge in [0.25, 0.3) is 0 Å². The Bertz CT molecular complexity index is 700. The number of aliphatic carboxylic acids is 1. The Hall–Kier alpha value is -2.39. The van der Waals surface area contributed by atoms with Crippen LogP contribution in [0, 0.1) is 0 Å². The Kier molecular flexibility index (Phi) is 5.72. The van der Waals surface area contributed by atoms with Gasteiger partial charge in [-0.05, 0) is 54.4 Å². The predicted molar refractivity (Wildman–Crippen MR) is 95.2 cm³/mol. The maximum absolute atomic E-state index is 10.9. The highest BCUT2D eigenvalue weighted by Gasteiger charge is 2.04. The minimum atomic E-state index is -0.901. The third-order valence-electron chi connectivity index (χ3n) is 3.69. The van der Waals surface area contributed by atoms with Crippen molar-refractivity contribution in [2.24, 2.45) is 0 Å². The SMILES string of the molecule is CC/C(=C\C(=O)O)c1ccc(-c2cccc(CN(C)C)c2)cc1. The first-order valence-electron chi connectivity index (χ1n) is 7.77. The molecule has 3 nitrogen and oxygen atoms in total. The fourth-order valence-electron chi connectivity index (χ4n) is 2.63. The molecule has 0 spiro atoms. The lowest BCUT2D eigenvalue weighted by Gasteiger charge is -2.11. The molecule has 0 radical (unpaired) electrons. The molecule has 0 amide bonds. The molecule has 0 unspecified atom stereocenters. The number of carbonyl (C=O) groups is 1. The maximum atomic E-state index is 10.9. The lowest BCUT2D eigenvalue weighted by molar-refractivity contribution is -0.131. The highest BCUT2D eigenvalue weighted by Crippen LogP contribution is 2.25. The van der Waals surface area contributed by atoms with E-state index in [0.717, 1.165) is 23.2 Å². The molecule has 1 N–H and O–H groups in total. The fraction of sp³-hybridized carbons (Fsp3) is 0.250. The average molecular weight is 309 g/mol. The van der Waals surface area contributed by atoms with E-state index in [2.05, 4.69) is 55.4 Å². The minimum Gasteiger partial charge on any atom is -0.478 e. The molecule has 0 atom stereocenters. The van der Waals surface area contributed by atoms with Crippen LogP contribution in [-0.2, 0) is 11.3 Å². The van der Waals surface area contributed by atoms with E-state index in [0.29, 0.717) is 6.42 Å². The zero-order valence-electron chi connectivity index (χ0n) is 13.9.